The smallest absolute Gasteiger partial charge is 0.243 e. The van der Waals surface area contributed by atoms with Crippen molar-refractivity contribution in [3.8, 4) is 0 Å². The average molecular weight is 406 g/mol. The largest absolute Gasteiger partial charge is 0.467 e. The maximum absolute atomic E-state index is 13.0. The summed E-state index contributed by atoms with van der Waals surface area (Å²) in [5.74, 6) is 0.815. The number of benzene rings is 1. The Bertz CT molecular complexity index is 918. The molecule has 1 fully saturated rings. The van der Waals surface area contributed by atoms with Crippen molar-refractivity contribution in [3.05, 3.63) is 53.5 Å². The maximum Gasteiger partial charge on any atom is 0.243 e. The van der Waals surface area contributed by atoms with Crippen molar-refractivity contribution in [1.29, 1.82) is 0 Å². The Hall–Kier alpha value is -1.90. The van der Waals surface area contributed by atoms with Gasteiger partial charge in [-0.25, -0.2) is 8.42 Å². The van der Waals surface area contributed by atoms with Crippen LogP contribution in [0.25, 0.3) is 0 Å². The van der Waals surface area contributed by atoms with Gasteiger partial charge in [-0.05, 0) is 66.9 Å². The lowest BCUT2D eigenvalue weighted by molar-refractivity contribution is 0.263. The second-order valence-electron chi connectivity index (χ2n) is 6.91. The molecule has 1 aliphatic carbocycles. The van der Waals surface area contributed by atoms with Crippen molar-refractivity contribution in [2.24, 2.45) is 0 Å². The molecule has 0 saturated carbocycles. The summed E-state index contributed by atoms with van der Waals surface area (Å²) in [5, 5.41) is 3.79. The van der Waals surface area contributed by atoms with Crippen molar-refractivity contribution >= 4 is 27.4 Å². The van der Waals surface area contributed by atoms with Gasteiger partial charge < -0.3 is 14.6 Å². The van der Waals surface area contributed by atoms with E-state index in [1.165, 1.54) is 11.1 Å². The van der Waals surface area contributed by atoms with Crippen LogP contribution in [-0.2, 0) is 29.4 Å². The predicted octanol–water partition coefficient (Wildman–Crippen LogP) is 2.15. The number of thiocarbonyl (C=S) groups is 1. The van der Waals surface area contributed by atoms with Gasteiger partial charge in [0.15, 0.2) is 5.11 Å². The van der Waals surface area contributed by atoms with Crippen LogP contribution >= 0.6 is 12.2 Å². The minimum absolute atomic E-state index is 0.412. The van der Waals surface area contributed by atoms with Crippen molar-refractivity contribution in [2.45, 2.75) is 30.7 Å². The third-order valence-electron chi connectivity index (χ3n) is 5.23. The normalized spacial score (nSPS) is 17.7. The molecule has 1 N–H and O–H groups in total. The van der Waals surface area contributed by atoms with Gasteiger partial charge in [0.1, 0.15) is 5.76 Å². The first-order valence-corrected chi connectivity index (χ1v) is 11.1. The zero-order chi connectivity index (χ0) is 18.9. The molecule has 0 bridgehead atoms. The van der Waals surface area contributed by atoms with Gasteiger partial charge in [-0.2, -0.15) is 4.31 Å². The molecule has 27 heavy (non-hydrogen) atoms. The molecule has 6 nitrogen and oxygen atoms in total. The minimum atomic E-state index is -3.45. The number of rotatable bonds is 4. The van der Waals surface area contributed by atoms with Gasteiger partial charge in [0.25, 0.3) is 0 Å². The van der Waals surface area contributed by atoms with Crippen LogP contribution in [-0.4, -0.2) is 48.9 Å². The Labute approximate surface area is 165 Å². The zero-order valence-corrected chi connectivity index (χ0v) is 16.7. The van der Waals surface area contributed by atoms with Gasteiger partial charge >= 0.3 is 0 Å². The standard InChI is InChI=1S/C19H23N3O3S2/c23-27(24,18-7-6-15-3-1-4-16(15)13-18)22-10-8-21(9-11-22)19(26)20-14-17-5-2-12-25-17/h2,5-7,12-13H,1,3-4,8-11,14H2,(H,20,26). The summed E-state index contributed by atoms with van der Waals surface area (Å²) in [5.41, 5.74) is 2.46. The van der Waals surface area contributed by atoms with Gasteiger partial charge in [0, 0.05) is 26.2 Å². The summed E-state index contributed by atoms with van der Waals surface area (Å²) in [6.07, 6.45) is 4.77. The zero-order valence-electron chi connectivity index (χ0n) is 15.1. The maximum atomic E-state index is 13.0. The highest BCUT2D eigenvalue weighted by Gasteiger charge is 2.30. The van der Waals surface area contributed by atoms with Gasteiger partial charge in [-0.3, -0.25) is 0 Å². The molecule has 0 unspecified atom stereocenters. The molecular formula is C19H23N3O3S2. The Kier molecular flexibility index (Phi) is 5.21. The van der Waals surface area contributed by atoms with Crippen LogP contribution in [0.2, 0.25) is 0 Å². The van der Waals surface area contributed by atoms with E-state index in [9.17, 15) is 8.42 Å². The molecule has 4 rings (SSSR count). The van der Waals surface area contributed by atoms with Gasteiger partial charge in [-0.1, -0.05) is 6.07 Å². The fourth-order valence-corrected chi connectivity index (χ4v) is 5.41. The Morgan fingerprint density at radius 1 is 1.11 bits per heavy atom. The fourth-order valence-electron chi connectivity index (χ4n) is 3.68. The second-order valence-corrected chi connectivity index (χ2v) is 9.24. The van der Waals surface area contributed by atoms with E-state index < -0.39 is 10.0 Å². The molecule has 1 saturated heterocycles. The summed E-state index contributed by atoms with van der Waals surface area (Å²) in [6, 6.07) is 9.31. The fraction of sp³-hybridized carbons (Fsp3) is 0.421. The van der Waals surface area contributed by atoms with Gasteiger partial charge in [0.2, 0.25) is 10.0 Å². The minimum Gasteiger partial charge on any atom is -0.467 e. The number of aryl methyl sites for hydroxylation is 2. The summed E-state index contributed by atoms with van der Waals surface area (Å²) in [4.78, 5) is 2.42. The van der Waals surface area contributed by atoms with E-state index >= 15 is 0 Å². The van der Waals surface area contributed by atoms with Crippen LogP contribution in [0.15, 0.2) is 45.9 Å². The van der Waals surface area contributed by atoms with Crippen LogP contribution in [0.4, 0.5) is 0 Å². The summed E-state index contributed by atoms with van der Waals surface area (Å²) < 4.78 is 32.8. The summed E-state index contributed by atoms with van der Waals surface area (Å²) in [7, 11) is -3.45. The van der Waals surface area contributed by atoms with Crippen molar-refractivity contribution < 1.29 is 12.8 Å². The number of furan rings is 1. The highest BCUT2D eigenvalue weighted by atomic mass is 32.2. The monoisotopic (exact) mass is 405 g/mol. The molecule has 1 aromatic heterocycles. The van der Waals surface area contributed by atoms with Crippen LogP contribution in [0.1, 0.15) is 23.3 Å². The topological polar surface area (TPSA) is 65.8 Å². The molecule has 2 aromatic rings. The molecule has 0 spiro atoms. The third kappa shape index (κ3) is 3.88. The third-order valence-corrected chi connectivity index (χ3v) is 7.52. The number of sulfonamides is 1. The van der Waals surface area contributed by atoms with E-state index in [-0.39, 0.29) is 0 Å². The molecule has 1 aliphatic heterocycles. The van der Waals surface area contributed by atoms with Gasteiger partial charge in [0.05, 0.1) is 17.7 Å². The van der Waals surface area contributed by atoms with E-state index in [2.05, 4.69) is 5.32 Å². The number of hydrogen-bond donors (Lipinski definition) is 1. The lowest BCUT2D eigenvalue weighted by Crippen LogP contribution is -2.52. The lowest BCUT2D eigenvalue weighted by atomic mass is 10.1. The Balaban J connectivity index is 1.36. The van der Waals surface area contributed by atoms with Crippen LogP contribution < -0.4 is 5.32 Å². The number of nitrogens with one attached hydrogen (secondary N) is 1. The molecular weight excluding hydrogens is 382 g/mol. The molecule has 2 heterocycles. The Morgan fingerprint density at radius 3 is 2.63 bits per heavy atom. The van der Waals surface area contributed by atoms with Crippen molar-refractivity contribution in [1.82, 2.24) is 14.5 Å². The molecule has 0 atom stereocenters. The Morgan fingerprint density at radius 2 is 1.89 bits per heavy atom. The number of hydrogen-bond acceptors (Lipinski definition) is 4. The SMILES string of the molecule is O=S(=O)(c1ccc2c(c1)CCC2)N1CCN(C(=S)NCc2ccco2)CC1. The summed E-state index contributed by atoms with van der Waals surface area (Å²) >= 11 is 5.43. The molecule has 0 amide bonds. The van der Waals surface area contributed by atoms with Crippen molar-refractivity contribution in [2.75, 3.05) is 26.2 Å². The van der Waals surface area contributed by atoms with Crippen LogP contribution in [0.5, 0.6) is 0 Å². The predicted molar refractivity (Wildman–Crippen MR) is 107 cm³/mol. The molecule has 1 aromatic carbocycles. The second kappa shape index (κ2) is 7.61. The highest BCUT2D eigenvalue weighted by molar-refractivity contribution is 7.89. The van der Waals surface area contributed by atoms with E-state index in [0.717, 1.165) is 25.0 Å². The first kappa shape index (κ1) is 18.5. The first-order chi connectivity index (χ1) is 13.0. The highest BCUT2D eigenvalue weighted by Crippen LogP contribution is 2.26. The van der Waals surface area contributed by atoms with Crippen LogP contribution in [0, 0.1) is 0 Å². The molecule has 2 aliphatic rings. The number of piperazine rings is 1. The van der Waals surface area contributed by atoms with E-state index in [0.29, 0.717) is 42.7 Å². The van der Waals surface area contributed by atoms with E-state index in [1.807, 2.05) is 29.2 Å². The van der Waals surface area contributed by atoms with E-state index in [4.69, 9.17) is 16.6 Å². The average Bonchev–Trinajstić information content (AvgIpc) is 3.37. The molecule has 8 heteroatoms. The van der Waals surface area contributed by atoms with Crippen LogP contribution in [0.3, 0.4) is 0 Å². The molecule has 144 valence electrons. The van der Waals surface area contributed by atoms with Crippen molar-refractivity contribution in [3.63, 3.8) is 0 Å². The van der Waals surface area contributed by atoms with E-state index in [1.54, 1.807) is 16.6 Å². The quantitative estimate of drug-likeness (QED) is 0.787. The number of nitrogens with zero attached hydrogens (tertiary/aromatic N) is 2. The van der Waals surface area contributed by atoms with Gasteiger partial charge in [-0.15, -0.1) is 0 Å². The first-order valence-electron chi connectivity index (χ1n) is 9.21. The molecule has 0 radical (unpaired) electrons. The summed E-state index contributed by atoms with van der Waals surface area (Å²) in [6.45, 7) is 2.55. The lowest BCUT2D eigenvalue weighted by Gasteiger charge is -2.35. The number of fused-ring (bicyclic) bond motifs is 1.